The molecule has 5 atom stereocenters. The normalized spacial score (nSPS) is 21.7. The summed E-state index contributed by atoms with van der Waals surface area (Å²) in [5.74, 6) is -13.0. The first-order valence-electron chi connectivity index (χ1n) is 18.1. The zero-order valence-corrected chi connectivity index (χ0v) is 30.9. The van der Waals surface area contributed by atoms with E-state index in [0.717, 1.165) is 17.5 Å². The Kier molecular flexibility index (Phi) is 12.1. The van der Waals surface area contributed by atoms with Crippen LogP contribution in [0.15, 0.2) is 72.8 Å². The van der Waals surface area contributed by atoms with E-state index in [0.29, 0.717) is 41.8 Å². The summed E-state index contributed by atoms with van der Waals surface area (Å²) >= 11 is 0. The molecule has 0 aromatic heterocycles. The second-order valence-corrected chi connectivity index (χ2v) is 14.9. The minimum Gasteiger partial charge on any atom is -0.459 e. The number of hydrogen-bond acceptors (Lipinski definition) is 7. The average Bonchev–Trinajstić information content (AvgIpc) is 3.64. The molecular weight excluding hydrogens is 723 g/mol. The lowest BCUT2D eigenvalue weighted by atomic mass is 9.89. The molecule has 55 heavy (non-hydrogen) atoms. The van der Waals surface area contributed by atoms with Crippen LogP contribution >= 0.6 is 0 Å². The number of amides is 1. The van der Waals surface area contributed by atoms with Crippen LogP contribution in [0.5, 0.6) is 0 Å². The summed E-state index contributed by atoms with van der Waals surface area (Å²) in [7, 11) is 0. The number of aliphatic hydroxyl groups is 1. The van der Waals surface area contributed by atoms with Gasteiger partial charge >= 0.3 is 5.97 Å². The quantitative estimate of drug-likeness (QED) is 0.0730. The van der Waals surface area contributed by atoms with Gasteiger partial charge in [-0.3, -0.25) is 14.5 Å². The Morgan fingerprint density at radius 1 is 0.855 bits per heavy atom. The molecule has 2 aliphatic heterocycles. The fourth-order valence-corrected chi connectivity index (χ4v) is 7.08. The summed E-state index contributed by atoms with van der Waals surface area (Å²) in [4.78, 5) is 27.9. The van der Waals surface area contributed by atoms with Crippen molar-refractivity contribution in [2.24, 2.45) is 5.92 Å². The maximum Gasteiger partial charge on any atom is 0.323 e. The summed E-state index contributed by atoms with van der Waals surface area (Å²) in [6, 6.07) is 21.4. The van der Waals surface area contributed by atoms with Gasteiger partial charge < -0.3 is 24.6 Å². The van der Waals surface area contributed by atoms with E-state index >= 15 is 0 Å². The topological polar surface area (TPSA) is 97.3 Å². The molecule has 2 saturated heterocycles. The van der Waals surface area contributed by atoms with E-state index in [2.05, 4.69) is 17.1 Å². The maximum atomic E-state index is 14.3. The highest BCUT2D eigenvalue weighted by molar-refractivity contribution is 5.95. The molecule has 6 rings (SSSR count). The van der Waals surface area contributed by atoms with Crippen LogP contribution < -0.4 is 5.32 Å². The standard InChI is InChI=1S/C42H43F5N2O6/c1-23-31(21-49-19-7-10-30(49)40(52)55-42(2,3)4)53-41(54-38(23)26-13-11-24(22-50)12-14-26)27-17-15-25(16-18-27)29-9-6-5-8-28(29)20-48-39(51)32-33(43)35(45)37(47)36(46)34(32)44/h5-6,8-9,11-18,23,30-31,38,41,50H,7,10,19-22H2,1-4H3,(H,48,51). The van der Waals surface area contributed by atoms with Crippen LogP contribution in [-0.4, -0.2) is 52.7 Å². The van der Waals surface area contributed by atoms with Crippen molar-refractivity contribution in [3.8, 4) is 11.1 Å². The fraction of sp³-hybridized carbons (Fsp3) is 0.381. The van der Waals surface area contributed by atoms with Gasteiger partial charge in [-0.15, -0.1) is 0 Å². The van der Waals surface area contributed by atoms with Gasteiger partial charge in [0.25, 0.3) is 5.91 Å². The molecule has 2 heterocycles. The number of likely N-dealkylation sites (tertiary alicyclic amines) is 1. The molecule has 0 radical (unpaired) electrons. The Bertz CT molecular complexity index is 1990. The Balaban J connectivity index is 1.23. The van der Waals surface area contributed by atoms with E-state index in [9.17, 15) is 36.6 Å². The van der Waals surface area contributed by atoms with Crippen molar-refractivity contribution in [2.75, 3.05) is 13.1 Å². The number of benzene rings is 4. The summed E-state index contributed by atoms with van der Waals surface area (Å²) < 4.78 is 88.6. The van der Waals surface area contributed by atoms with E-state index in [1.54, 1.807) is 24.3 Å². The maximum absolute atomic E-state index is 14.3. The first-order valence-corrected chi connectivity index (χ1v) is 18.1. The van der Waals surface area contributed by atoms with E-state index in [4.69, 9.17) is 14.2 Å². The van der Waals surface area contributed by atoms with Gasteiger partial charge in [0, 0.05) is 24.6 Å². The van der Waals surface area contributed by atoms with E-state index in [-0.39, 0.29) is 43.3 Å². The lowest BCUT2D eigenvalue weighted by Gasteiger charge is -2.43. The van der Waals surface area contributed by atoms with Crippen molar-refractivity contribution in [1.29, 1.82) is 0 Å². The number of rotatable bonds is 10. The van der Waals surface area contributed by atoms with Crippen molar-refractivity contribution < 1.29 is 50.9 Å². The molecule has 13 heteroatoms. The first-order chi connectivity index (χ1) is 26.2. The molecule has 8 nitrogen and oxygen atoms in total. The Labute approximate surface area is 316 Å². The molecule has 5 unspecified atom stereocenters. The lowest BCUT2D eigenvalue weighted by molar-refractivity contribution is -0.276. The summed E-state index contributed by atoms with van der Waals surface area (Å²) in [5, 5.41) is 11.9. The zero-order valence-electron chi connectivity index (χ0n) is 30.9. The third kappa shape index (κ3) is 8.75. The van der Waals surface area contributed by atoms with Crippen LogP contribution in [0, 0.1) is 35.0 Å². The van der Waals surface area contributed by atoms with Crippen molar-refractivity contribution in [1.82, 2.24) is 10.2 Å². The summed E-state index contributed by atoms with van der Waals surface area (Å²) in [6.07, 6.45) is 0.00921. The molecule has 0 aliphatic carbocycles. The van der Waals surface area contributed by atoms with Crippen LogP contribution in [0.2, 0.25) is 0 Å². The van der Waals surface area contributed by atoms with Crippen molar-refractivity contribution in [3.63, 3.8) is 0 Å². The van der Waals surface area contributed by atoms with Gasteiger partial charge in [0.1, 0.15) is 17.2 Å². The van der Waals surface area contributed by atoms with Crippen LogP contribution in [0.1, 0.15) is 85.5 Å². The predicted molar refractivity (Wildman–Crippen MR) is 193 cm³/mol. The molecule has 4 aromatic rings. The number of hydrogen-bond donors (Lipinski definition) is 2. The van der Waals surface area contributed by atoms with Gasteiger partial charge in [0.15, 0.2) is 29.6 Å². The van der Waals surface area contributed by atoms with Gasteiger partial charge in [-0.05, 0) is 68.0 Å². The Hall–Kier alpha value is -4.69. The molecule has 0 saturated carbocycles. The Morgan fingerprint density at radius 3 is 2.11 bits per heavy atom. The molecule has 4 aromatic carbocycles. The predicted octanol–water partition coefficient (Wildman–Crippen LogP) is 8.07. The van der Waals surface area contributed by atoms with Gasteiger partial charge in [0.05, 0.1) is 18.8 Å². The second-order valence-electron chi connectivity index (χ2n) is 14.9. The molecular formula is C42H43F5N2O6. The number of carbonyl (C=O) groups is 2. The zero-order chi connectivity index (χ0) is 39.6. The molecule has 0 bridgehead atoms. The van der Waals surface area contributed by atoms with Gasteiger partial charge in [-0.2, -0.15) is 0 Å². The molecule has 0 spiro atoms. The second kappa shape index (κ2) is 16.6. The number of aliphatic hydroxyl groups excluding tert-OH is 1. The fourth-order valence-electron chi connectivity index (χ4n) is 7.08. The smallest absolute Gasteiger partial charge is 0.323 e. The van der Waals surface area contributed by atoms with Crippen molar-refractivity contribution in [3.05, 3.63) is 130 Å². The number of esters is 1. The molecule has 292 valence electrons. The minimum atomic E-state index is -2.35. The van der Waals surface area contributed by atoms with E-state index in [1.165, 1.54) is 0 Å². The van der Waals surface area contributed by atoms with E-state index in [1.807, 2.05) is 69.3 Å². The molecule has 2 fully saturated rings. The molecule has 1 amide bonds. The van der Waals surface area contributed by atoms with Gasteiger partial charge in [-0.25, -0.2) is 22.0 Å². The van der Waals surface area contributed by atoms with Gasteiger partial charge in [0.2, 0.25) is 5.82 Å². The lowest BCUT2D eigenvalue weighted by Crippen LogP contribution is -2.48. The van der Waals surface area contributed by atoms with Crippen LogP contribution in [0.25, 0.3) is 11.1 Å². The average molecular weight is 767 g/mol. The molecule has 2 aliphatic rings. The summed E-state index contributed by atoms with van der Waals surface area (Å²) in [6.45, 7) is 8.41. The third-order valence-electron chi connectivity index (χ3n) is 9.97. The third-order valence-corrected chi connectivity index (χ3v) is 9.97. The first kappa shape index (κ1) is 40.0. The SMILES string of the molecule is CC1C(CN2CCCC2C(=O)OC(C)(C)C)OC(c2ccc(-c3ccccc3CNC(=O)c3c(F)c(F)c(F)c(F)c3F)cc2)OC1c1ccc(CO)cc1. The van der Waals surface area contributed by atoms with Crippen LogP contribution in [0.4, 0.5) is 22.0 Å². The molecule has 2 N–H and O–H groups in total. The van der Waals surface area contributed by atoms with Gasteiger partial charge in [-0.1, -0.05) is 79.7 Å². The minimum absolute atomic E-state index is 0.0934. The highest BCUT2D eigenvalue weighted by Crippen LogP contribution is 2.43. The number of carbonyl (C=O) groups excluding carboxylic acids is 2. The number of ether oxygens (including phenoxy) is 3. The summed E-state index contributed by atoms with van der Waals surface area (Å²) in [5.41, 5.74) is 2.07. The number of nitrogens with one attached hydrogen (secondary N) is 1. The largest absolute Gasteiger partial charge is 0.459 e. The highest BCUT2D eigenvalue weighted by atomic mass is 19.2. The van der Waals surface area contributed by atoms with Crippen molar-refractivity contribution in [2.45, 2.75) is 83.8 Å². The monoisotopic (exact) mass is 766 g/mol. The number of nitrogens with zero attached hydrogens (tertiary/aromatic N) is 1. The van der Waals surface area contributed by atoms with Crippen LogP contribution in [0.3, 0.4) is 0 Å². The Morgan fingerprint density at radius 2 is 1.47 bits per heavy atom. The van der Waals surface area contributed by atoms with Crippen molar-refractivity contribution >= 4 is 11.9 Å². The number of halogens is 5. The highest BCUT2D eigenvalue weighted by Gasteiger charge is 2.42. The van der Waals surface area contributed by atoms with E-state index < -0.39 is 52.4 Å². The van der Waals surface area contributed by atoms with Crippen LogP contribution in [-0.2, 0) is 32.2 Å².